The van der Waals surface area contributed by atoms with Gasteiger partial charge in [-0.1, -0.05) is 24.3 Å². The predicted molar refractivity (Wildman–Crippen MR) is 63.4 cm³/mol. The van der Waals surface area contributed by atoms with Crippen LogP contribution in [0.2, 0.25) is 0 Å². The summed E-state index contributed by atoms with van der Waals surface area (Å²) < 4.78 is 5.86. The smallest absolute Gasteiger partial charge is 0.307 e. The van der Waals surface area contributed by atoms with Gasteiger partial charge in [0.15, 0.2) is 0 Å². The second-order valence-electron chi connectivity index (χ2n) is 5.64. The van der Waals surface area contributed by atoms with Crippen LogP contribution >= 0.6 is 0 Å². The van der Waals surface area contributed by atoms with Crippen LogP contribution < -0.4 is 0 Å². The molecule has 1 saturated heterocycles. The second-order valence-corrected chi connectivity index (χ2v) is 5.64. The maximum Gasteiger partial charge on any atom is 0.307 e. The lowest BCUT2D eigenvalue weighted by Crippen LogP contribution is -2.39. The molecule has 4 rings (SSSR count). The van der Waals surface area contributed by atoms with E-state index in [1.54, 1.807) is 0 Å². The predicted octanol–water partition coefficient (Wildman–Crippen LogP) is 2.80. The molecule has 1 aliphatic heterocycles. The lowest BCUT2D eigenvalue weighted by Gasteiger charge is -2.39. The Morgan fingerprint density at radius 3 is 2.88 bits per heavy atom. The maximum absolute atomic E-state index is 11.7. The van der Waals surface area contributed by atoms with Crippen LogP contribution in [0, 0.1) is 11.8 Å². The largest absolute Gasteiger partial charge is 0.454 e. The van der Waals surface area contributed by atoms with Crippen LogP contribution in [0.4, 0.5) is 0 Å². The molecule has 1 unspecified atom stereocenters. The average molecular weight is 228 g/mol. The number of ether oxygens (including phenoxy) is 1. The minimum absolute atomic E-state index is 0.0106. The van der Waals surface area contributed by atoms with E-state index in [1.165, 1.54) is 24.0 Å². The van der Waals surface area contributed by atoms with Gasteiger partial charge in [-0.15, -0.1) is 0 Å². The number of aryl methyl sites for hydroxylation is 1. The number of benzene rings is 1. The van der Waals surface area contributed by atoms with Gasteiger partial charge in [-0.05, 0) is 36.8 Å². The van der Waals surface area contributed by atoms with Crippen molar-refractivity contribution in [2.75, 3.05) is 0 Å². The molecule has 0 amide bonds. The molecule has 2 heteroatoms. The Morgan fingerprint density at radius 2 is 1.94 bits per heavy atom. The number of fused-ring (bicyclic) bond motifs is 1. The van der Waals surface area contributed by atoms with Crippen molar-refractivity contribution in [3.8, 4) is 0 Å². The van der Waals surface area contributed by atoms with E-state index in [0.717, 1.165) is 12.8 Å². The fraction of sp³-hybridized carbons (Fsp3) is 0.533. The lowest BCUT2D eigenvalue weighted by molar-refractivity contribution is -0.155. The highest BCUT2D eigenvalue weighted by Crippen LogP contribution is 2.59. The molecule has 0 aromatic heterocycles. The minimum Gasteiger partial charge on any atom is -0.454 e. The van der Waals surface area contributed by atoms with Crippen LogP contribution in [-0.2, 0) is 21.6 Å². The Balaban J connectivity index is 1.94. The van der Waals surface area contributed by atoms with Gasteiger partial charge in [0.2, 0.25) is 0 Å². The first-order valence-corrected chi connectivity index (χ1v) is 6.61. The number of rotatable bonds is 0. The van der Waals surface area contributed by atoms with Gasteiger partial charge in [0.05, 0.1) is 6.42 Å². The fourth-order valence-electron chi connectivity index (χ4n) is 4.32. The molecule has 1 spiro atoms. The monoisotopic (exact) mass is 228 g/mol. The Morgan fingerprint density at radius 1 is 1.12 bits per heavy atom. The van der Waals surface area contributed by atoms with Crippen molar-refractivity contribution in [3.05, 3.63) is 35.4 Å². The van der Waals surface area contributed by atoms with E-state index in [9.17, 15) is 4.79 Å². The van der Waals surface area contributed by atoms with E-state index >= 15 is 0 Å². The van der Waals surface area contributed by atoms with Crippen molar-refractivity contribution in [2.45, 2.75) is 37.7 Å². The van der Waals surface area contributed by atoms with Crippen molar-refractivity contribution in [3.63, 3.8) is 0 Å². The average Bonchev–Trinajstić information content (AvgIpc) is 2.83. The number of carbonyl (C=O) groups excluding carboxylic acids is 1. The lowest BCUT2D eigenvalue weighted by atomic mass is 9.70. The highest BCUT2D eigenvalue weighted by Gasteiger charge is 2.60. The summed E-state index contributed by atoms with van der Waals surface area (Å²) in [6.07, 6.45) is 5.34. The quantitative estimate of drug-likeness (QED) is 0.638. The molecule has 2 fully saturated rings. The van der Waals surface area contributed by atoms with E-state index in [0.29, 0.717) is 18.3 Å². The second kappa shape index (κ2) is 3.12. The summed E-state index contributed by atoms with van der Waals surface area (Å²) in [6, 6.07) is 8.55. The van der Waals surface area contributed by atoms with E-state index in [4.69, 9.17) is 4.74 Å². The molecule has 88 valence electrons. The van der Waals surface area contributed by atoms with Gasteiger partial charge in [-0.25, -0.2) is 0 Å². The molecule has 1 heterocycles. The van der Waals surface area contributed by atoms with Crippen LogP contribution in [0.1, 0.15) is 36.8 Å². The summed E-state index contributed by atoms with van der Waals surface area (Å²) in [5.41, 5.74) is 2.46. The summed E-state index contributed by atoms with van der Waals surface area (Å²) in [6.45, 7) is 0. The molecule has 2 nitrogen and oxygen atoms in total. The number of hydrogen-bond donors (Lipinski definition) is 0. The standard InChI is InChI=1S/C15H16O2/c16-14-9-12-8-7-11-6-5-10-3-1-2-4-13(10)15(11,12)17-14/h1-4,11-12H,5-9H2/t11-,12+,15?/m0/s1. The first kappa shape index (κ1) is 9.69. The van der Waals surface area contributed by atoms with Gasteiger partial charge < -0.3 is 4.74 Å². The third-order valence-electron chi connectivity index (χ3n) is 4.97. The van der Waals surface area contributed by atoms with Gasteiger partial charge in [0.1, 0.15) is 5.60 Å². The van der Waals surface area contributed by atoms with E-state index < -0.39 is 0 Å². The highest BCUT2D eigenvalue weighted by molar-refractivity contribution is 5.74. The van der Waals surface area contributed by atoms with E-state index in [1.807, 2.05) is 0 Å². The zero-order chi connectivity index (χ0) is 11.5. The van der Waals surface area contributed by atoms with Crippen molar-refractivity contribution >= 4 is 5.97 Å². The van der Waals surface area contributed by atoms with Gasteiger partial charge in [0, 0.05) is 11.8 Å². The van der Waals surface area contributed by atoms with Crippen LogP contribution in [-0.4, -0.2) is 5.97 Å². The van der Waals surface area contributed by atoms with Crippen LogP contribution in [0.3, 0.4) is 0 Å². The number of carbonyl (C=O) groups is 1. The normalized spacial score (nSPS) is 38.2. The summed E-state index contributed by atoms with van der Waals surface area (Å²) in [7, 11) is 0. The first-order chi connectivity index (χ1) is 8.30. The van der Waals surface area contributed by atoms with Crippen LogP contribution in [0.5, 0.6) is 0 Å². The van der Waals surface area contributed by atoms with Crippen molar-refractivity contribution in [1.82, 2.24) is 0 Å². The van der Waals surface area contributed by atoms with Crippen molar-refractivity contribution < 1.29 is 9.53 Å². The summed E-state index contributed by atoms with van der Waals surface area (Å²) in [4.78, 5) is 11.7. The highest BCUT2D eigenvalue weighted by atomic mass is 16.6. The van der Waals surface area contributed by atoms with Gasteiger partial charge in [-0.3, -0.25) is 4.79 Å². The molecule has 17 heavy (non-hydrogen) atoms. The molecule has 2 aliphatic carbocycles. The van der Waals surface area contributed by atoms with Gasteiger partial charge >= 0.3 is 5.97 Å². The number of hydrogen-bond acceptors (Lipinski definition) is 2. The van der Waals surface area contributed by atoms with Crippen LogP contribution in [0.15, 0.2) is 24.3 Å². The summed E-state index contributed by atoms with van der Waals surface area (Å²) in [5, 5.41) is 0. The topological polar surface area (TPSA) is 26.3 Å². The third-order valence-corrected chi connectivity index (χ3v) is 4.97. The first-order valence-electron chi connectivity index (χ1n) is 6.61. The Labute approximate surface area is 101 Å². The molecule has 0 N–H and O–H groups in total. The summed E-state index contributed by atoms with van der Waals surface area (Å²) in [5.74, 6) is 1.01. The molecule has 1 saturated carbocycles. The van der Waals surface area contributed by atoms with Crippen molar-refractivity contribution in [1.29, 1.82) is 0 Å². The van der Waals surface area contributed by atoms with Gasteiger partial charge in [-0.2, -0.15) is 0 Å². The Kier molecular flexibility index (Phi) is 1.78. The zero-order valence-corrected chi connectivity index (χ0v) is 9.82. The molecular weight excluding hydrogens is 212 g/mol. The Bertz CT molecular complexity index is 493. The third kappa shape index (κ3) is 1.09. The molecule has 3 atom stereocenters. The molecule has 1 aromatic rings. The van der Waals surface area contributed by atoms with Gasteiger partial charge in [0.25, 0.3) is 0 Å². The molecule has 1 aromatic carbocycles. The molecular formula is C15H16O2. The minimum atomic E-state index is -0.244. The summed E-state index contributed by atoms with van der Waals surface area (Å²) >= 11 is 0. The molecule has 0 bridgehead atoms. The van der Waals surface area contributed by atoms with E-state index in [2.05, 4.69) is 24.3 Å². The maximum atomic E-state index is 11.7. The fourth-order valence-corrected chi connectivity index (χ4v) is 4.32. The SMILES string of the molecule is O=C1C[C@H]2CC[C@@H]3CCc4ccccc4C32O1. The van der Waals surface area contributed by atoms with E-state index in [-0.39, 0.29) is 11.6 Å². The zero-order valence-electron chi connectivity index (χ0n) is 9.82. The van der Waals surface area contributed by atoms with Crippen LogP contribution in [0.25, 0.3) is 0 Å². The number of esters is 1. The molecule has 0 radical (unpaired) electrons. The van der Waals surface area contributed by atoms with Crippen molar-refractivity contribution in [2.24, 2.45) is 11.8 Å². The molecule has 3 aliphatic rings. The Hall–Kier alpha value is -1.31.